The fraction of sp³-hybridized carbons (Fsp3) is 0.545. The summed E-state index contributed by atoms with van der Waals surface area (Å²) in [6.45, 7) is 4.74. The second-order valence-corrected chi connectivity index (χ2v) is 3.80. The number of methoxy groups -OCH3 is 1. The molecule has 16 heavy (non-hydrogen) atoms. The quantitative estimate of drug-likeness (QED) is 0.787. The summed E-state index contributed by atoms with van der Waals surface area (Å²) in [5.74, 6) is 0. The third-order valence-corrected chi connectivity index (χ3v) is 2.77. The Balaban J connectivity index is 2.48. The van der Waals surface area contributed by atoms with Crippen molar-refractivity contribution in [3.8, 4) is 0 Å². The number of ether oxygens (including phenoxy) is 1. The molecule has 0 saturated carbocycles. The summed E-state index contributed by atoms with van der Waals surface area (Å²) < 4.78 is 7.27. The largest absolute Gasteiger partial charge is 0.383 e. The van der Waals surface area contributed by atoms with Crippen molar-refractivity contribution in [2.75, 3.05) is 13.7 Å². The highest BCUT2D eigenvalue weighted by Gasteiger charge is 2.14. The Morgan fingerprint density at radius 3 is 2.88 bits per heavy atom. The van der Waals surface area contributed by atoms with E-state index in [0.29, 0.717) is 6.61 Å². The average molecular weight is 220 g/mol. The van der Waals surface area contributed by atoms with Gasteiger partial charge in [-0.25, -0.2) is 15.0 Å². The van der Waals surface area contributed by atoms with Gasteiger partial charge in [-0.15, -0.1) is 0 Å². The van der Waals surface area contributed by atoms with Gasteiger partial charge in [-0.1, -0.05) is 6.92 Å². The van der Waals surface area contributed by atoms with Crippen LogP contribution in [0.4, 0.5) is 0 Å². The number of hydrogen-bond acceptors (Lipinski definition) is 4. The van der Waals surface area contributed by atoms with Crippen molar-refractivity contribution in [3.63, 3.8) is 0 Å². The molecule has 2 heterocycles. The molecule has 1 unspecified atom stereocenters. The van der Waals surface area contributed by atoms with E-state index in [0.717, 1.165) is 23.3 Å². The number of aryl methyl sites for hydroxylation is 1. The first kappa shape index (κ1) is 11.0. The normalized spacial score (nSPS) is 13.2. The number of nitrogens with zero attached hydrogens (tertiary/aromatic N) is 4. The van der Waals surface area contributed by atoms with E-state index in [1.165, 1.54) is 0 Å². The van der Waals surface area contributed by atoms with Crippen molar-refractivity contribution in [2.45, 2.75) is 26.3 Å². The Morgan fingerprint density at radius 1 is 1.38 bits per heavy atom. The Morgan fingerprint density at radius 2 is 2.19 bits per heavy atom. The Hall–Kier alpha value is -1.49. The fourth-order valence-electron chi connectivity index (χ4n) is 1.82. The van der Waals surface area contributed by atoms with Crippen molar-refractivity contribution in [3.05, 3.63) is 18.3 Å². The van der Waals surface area contributed by atoms with Gasteiger partial charge in [-0.05, 0) is 13.3 Å². The number of fused-ring (bicyclic) bond motifs is 1. The van der Waals surface area contributed by atoms with Crippen LogP contribution in [0.1, 0.15) is 25.1 Å². The van der Waals surface area contributed by atoms with Crippen LogP contribution in [-0.2, 0) is 4.74 Å². The molecule has 0 N–H and O–H groups in total. The maximum Gasteiger partial charge on any atom is 0.163 e. The van der Waals surface area contributed by atoms with Crippen LogP contribution < -0.4 is 0 Å². The topological polar surface area (TPSA) is 52.8 Å². The maximum atomic E-state index is 5.21. The van der Waals surface area contributed by atoms with Crippen LogP contribution in [0, 0.1) is 6.92 Å². The maximum absolute atomic E-state index is 5.21. The van der Waals surface area contributed by atoms with Crippen molar-refractivity contribution in [1.29, 1.82) is 0 Å². The van der Waals surface area contributed by atoms with Crippen LogP contribution in [0.15, 0.2) is 12.7 Å². The molecule has 0 aromatic carbocycles. The number of hydrogen-bond donors (Lipinski definition) is 0. The van der Waals surface area contributed by atoms with Crippen LogP contribution in [0.5, 0.6) is 0 Å². The zero-order chi connectivity index (χ0) is 11.5. The predicted molar refractivity (Wildman–Crippen MR) is 61.3 cm³/mol. The van der Waals surface area contributed by atoms with Gasteiger partial charge < -0.3 is 9.30 Å². The summed E-state index contributed by atoms with van der Waals surface area (Å²) in [5, 5.41) is 0. The molecule has 2 rings (SSSR count). The molecule has 5 nitrogen and oxygen atoms in total. The second-order valence-electron chi connectivity index (χ2n) is 3.80. The zero-order valence-electron chi connectivity index (χ0n) is 9.84. The van der Waals surface area contributed by atoms with Gasteiger partial charge in [0, 0.05) is 7.11 Å². The van der Waals surface area contributed by atoms with Gasteiger partial charge in [0.2, 0.25) is 0 Å². The first-order valence-electron chi connectivity index (χ1n) is 5.41. The molecule has 0 radical (unpaired) electrons. The number of aromatic nitrogens is 4. The molecule has 0 aliphatic carbocycles. The van der Waals surface area contributed by atoms with Gasteiger partial charge in [-0.2, -0.15) is 0 Å². The lowest BCUT2D eigenvalue weighted by Gasteiger charge is -2.15. The molecule has 86 valence electrons. The molecule has 0 fully saturated rings. The Bertz CT molecular complexity index is 480. The van der Waals surface area contributed by atoms with Crippen molar-refractivity contribution in [1.82, 2.24) is 19.5 Å². The molecule has 0 saturated heterocycles. The van der Waals surface area contributed by atoms with Gasteiger partial charge in [0.25, 0.3) is 0 Å². The molecule has 0 spiro atoms. The highest BCUT2D eigenvalue weighted by atomic mass is 16.5. The summed E-state index contributed by atoms with van der Waals surface area (Å²) >= 11 is 0. The molecular weight excluding hydrogens is 204 g/mol. The van der Waals surface area contributed by atoms with E-state index in [2.05, 4.69) is 26.4 Å². The summed E-state index contributed by atoms with van der Waals surface area (Å²) in [6, 6.07) is 0.282. The van der Waals surface area contributed by atoms with E-state index < -0.39 is 0 Å². The molecule has 2 aromatic heterocycles. The lowest BCUT2D eigenvalue weighted by molar-refractivity contribution is 0.154. The Labute approximate surface area is 94.5 Å². The molecule has 0 amide bonds. The average Bonchev–Trinajstić information content (AvgIpc) is 2.71. The van der Waals surface area contributed by atoms with Crippen LogP contribution in [0.3, 0.4) is 0 Å². The molecule has 0 aliphatic rings. The molecule has 0 bridgehead atoms. The smallest absolute Gasteiger partial charge is 0.163 e. The van der Waals surface area contributed by atoms with Crippen LogP contribution in [-0.4, -0.2) is 33.2 Å². The summed E-state index contributed by atoms with van der Waals surface area (Å²) in [5.41, 5.74) is 2.67. The third-order valence-electron chi connectivity index (χ3n) is 2.77. The van der Waals surface area contributed by atoms with E-state index in [9.17, 15) is 0 Å². The fourth-order valence-corrected chi connectivity index (χ4v) is 1.82. The third kappa shape index (κ3) is 1.78. The lowest BCUT2D eigenvalue weighted by Crippen LogP contribution is -2.13. The first-order chi connectivity index (χ1) is 7.77. The predicted octanol–water partition coefficient (Wildman–Crippen LogP) is 1.73. The van der Waals surface area contributed by atoms with E-state index in [4.69, 9.17) is 4.74 Å². The van der Waals surface area contributed by atoms with Crippen molar-refractivity contribution in [2.24, 2.45) is 0 Å². The summed E-state index contributed by atoms with van der Waals surface area (Å²) in [6.07, 6.45) is 4.39. The van der Waals surface area contributed by atoms with Crippen LogP contribution >= 0.6 is 0 Å². The SMILES string of the molecule is CCC(COC)n1cnc2c(C)ncnc21. The molecule has 0 aliphatic heterocycles. The minimum absolute atomic E-state index is 0.282. The number of rotatable bonds is 4. The van der Waals surface area contributed by atoms with Crippen molar-refractivity contribution >= 4 is 11.2 Å². The van der Waals surface area contributed by atoms with E-state index in [-0.39, 0.29) is 6.04 Å². The standard InChI is InChI=1S/C11H16N4O/c1-4-9(5-16-3)15-7-14-10-8(2)12-6-13-11(10)15/h6-7,9H,4-5H2,1-3H3. The minimum Gasteiger partial charge on any atom is -0.383 e. The van der Waals surface area contributed by atoms with Gasteiger partial charge in [0.05, 0.1) is 24.7 Å². The molecular formula is C11H16N4O. The van der Waals surface area contributed by atoms with E-state index >= 15 is 0 Å². The van der Waals surface area contributed by atoms with Crippen LogP contribution in [0.2, 0.25) is 0 Å². The highest BCUT2D eigenvalue weighted by molar-refractivity contribution is 5.72. The minimum atomic E-state index is 0.282. The first-order valence-corrected chi connectivity index (χ1v) is 5.41. The van der Waals surface area contributed by atoms with Crippen molar-refractivity contribution < 1.29 is 4.74 Å². The van der Waals surface area contributed by atoms with Gasteiger partial charge in [0.1, 0.15) is 11.8 Å². The van der Waals surface area contributed by atoms with Gasteiger partial charge in [-0.3, -0.25) is 0 Å². The number of imidazole rings is 1. The highest BCUT2D eigenvalue weighted by Crippen LogP contribution is 2.19. The zero-order valence-corrected chi connectivity index (χ0v) is 9.84. The monoisotopic (exact) mass is 220 g/mol. The summed E-state index contributed by atoms with van der Waals surface area (Å²) in [4.78, 5) is 12.8. The van der Waals surface area contributed by atoms with Gasteiger partial charge in [0.15, 0.2) is 5.65 Å². The van der Waals surface area contributed by atoms with Gasteiger partial charge >= 0.3 is 0 Å². The molecule has 5 heteroatoms. The molecule has 1 atom stereocenters. The second kappa shape index (κ2) is 4.57. The van der Waals surface area contributed by atoms with E-state index in [1.54, 1.807) is 13.4 Å². The van der Waals surface area contributed by atoms with Crippen LogP contribution in [0.25, 0.3) is 11.2 Å². The Kier molecular flexibility index (Phi) is 3.14. The lowest BCUT2D eigenvalue weighted by atomic mass is 10.2. The van der Waals surface area contributed by atoms with E-state index in [1.807, 2.05) is 13.3 Å². The molecule has 2 aromatic rings. The summed E-state index contributed by atoms with van der Waals surface area (Å²) in [7, 11) is 1.71.